The lowest BCUT2D eigenvalue weighted by molar-refractivity contribution is 0.0946. The number of carbonyl (C=O) groups excluding carboxylic acids is 1. The number of rotatable bonds is 6. The maximum Gasteiger partial charge on any atom is 0.254 e. The molecule has 0 aliphatic heterocycles. The van der Waals surface area contributed by atoms with Crippen LogP contribution in [0.1, 0.15) is 21.6 Å². The fourth-order valence-electron chi connectivity index (χ4n) is 2.63. The molecule has 3 rings (SSSR count). The van der Waals surface area contributed by atoms with Gasteiger partial charge in [0.05, 0.1) is 24.0 Å². The quantitative estimate of drug-likeness (QED) is 0.691. The van der Waals surface area contributed by atoms with E-state index < -0.39 is 5.82 Å². The lowest BCUT2D eigenvalue weighted by atomic mass is 10.2. The zero-order valence-electron chi connectivity index (χ0n) is 14.7. The van der Waals surface area contributed by atoms with Gasteiger partial charge < -0.3 is 10.1 Å². The molecule has 0 saturated heterocycles. The molecule has 1 N–H and O–H groups in total. The van der Waals surface area contributed by atoms with E-state index in [2.05, 4.69) is 10.4 Å². The zero-order valence-corrected chi connectivity index (χ0v) is 14.7. The summed E-state index contributed by atoms with van der Waals surface area (Å²) in [5, 5.41) is 6.93. The lowest BCUT2D eigenvalue weighted by Crippen LogP contribution is -2.28. The Labute approximate surface area is 151 Å². The molecule has 0 fully saturated rings. The molecule has 2 aromatic carbocycles. The van der Waals surface area contributed by atoms with Crippen LogP contribution >= 0.6 is 0 Å². The normalized spacial score (nSPS) is 10.6. The van der Waals surface area contributed by atoms with Gasteiger partial charge in [-0.2, -0.15) is 5.10 Å². The van der Waals surface area contributed by atoms with Gasteiger partial charge in [0.1, 0.15) is 23.9 Å². The summed E-state index contributed by atoms with van der Waals surface area (Å²) in [7, 11) is 0. The molecule has 0 bridgehead atoms. The number of aromatic nitrogens is 2. The van der Waals surface area contributed by atoms with E-state index >= 15 is 0 Å². The number of para-hydroxylation sites is 1. The highest BCUT2D eigenvalue weighted by Gasteiger charge is 2.16. The summed E-state index contributed by atoms with van der Waals surface area (Å²) in [5.41, 5.74) is 2.41. The van der Waals surface area contributed by atoms with Crippen molar-refractivity contribution < 1.29 is 13.9 Å². The van der Waals surface area contributed by atoms with E-state index in [9.17, 15) is 9.18 Å². The van der Waals surface area contributed by atoms with Crippen molar-refractivity contribution in [2.75, 3.05) is 13.2 Å². The molecule has 1 amide bonds. The second-order valence-corrected chi connectivity index (χ2v) is 5.93. The smallest absolute Gasteiger partial charge is 0.254 e. The highest BCUT2D eigenvalue weighted by Crippen LogP contribution is 2.17. The van der Waals surface area contributed by atoms with Gasteiger partial charge in [0.2, 0.25) is 0 Å². The van der Waals surface area contributed by atoms with Gasteiger partial charge in [0.25, 0.3) is 5.91 Å². The first-order chi connectivity index (χ1) is 12.6. The molecular weight excluding hydrogens is 333 g/mol. The van der Waals surface area contributed by atoms with Crippen molar-refractivity contribution >= 4 is 5.91 Å². The predicted octanol–water partition coefficient (Wildman–Crippen LogP) is 3.44. The van der Waals surface area contributed by atoms with E-state index in [0.717, 1.165) is 11.3 Å². The van der Waals surface area contributed by atoms with Crippen LogP contribution in [0.3, 0.4) is 0 Å². The second kappa shape index (κ2) is 7.82. The summed E-state index contributed by atoms with van der Waals surface area (Å²) in [6.07, 6.45) is 1.44. The third-order valence-electron chi connectivity index (χ3n) is 3.98. The minimum absolute atomic E-state index is 0.266. The molecule has 0 atom stereocenters. The van der Waals surface area contributed by atoms with Crippen molar-refractivity contribution in [2.24, 2.45) is 0 Å². The van der Waals surface area contributed by atoms with E-state index in [4.69, 9.17) is 4.74 Å². The van der Waals surface area contributed by atoms with Crippen LogP contribution in [0, 0.1) is 19.7 Å². The lowest BCUT2D eigenvalue weighted by Gasteiger charge is -2.09. The van der Waals surface area contributed by atoms with E-state index in [0.29, 0.717) is 30.1 Å². The van der Waals surface area contributed by atoms with Crippen molar-refractivity contribution in [2.45, 2.75) is 13.8 Å². The highest BCUT2D eigenvalue weighted by atomic mass is 19.1. The number of aryl methyl sites for hydroxylation is 1. The Bertz CT molecular complexity index is 921. The molecule has 1 heterocycles. The van der Waals surface area contributed by atoms with Gasteiger partial charge in [-0.3, -0.25) is 4.79 Å². The summed E-state index contributed by atoms with van der Waals surface area (Å²) >= 11 is 0. The summed E-state index contributed by atoms with van der Waals surface area (Å²) in [5.74, 6) is 0.109. The van der Waals surface area contributed by atoms with Gasteiger partial charge in [0.15, 0.2) is 0 Å². The molecule has 3 aromatic rings. The van der Waals surface area contributed by atoms with Crippen molar-refractivity contribution in [3.8, 4) is 11.4 Å². The first-order valence-corrected chi connectivity index (χ1v) is 8.33. The van der Waals surface area contributed by atoms with Gasteiger partial charge in [-0.1, -0.05) is 24.3 Å². The average molecular weight is 353 g/mol. The van der Waals surface area contributed by atoms with E-state index in [1.54, 1.807) is 25.1 Å². The maximum atomic E-state index is 13.9. The number of nitrogens with one attached hydrogen (secondary N) is 1. The second-order valence-electron chi connectivity index (χ2n) is 5.93. The van der Waals surface area contributed by atoms with Crippen molar-refractivity contribution in [3.63, 3.8) is 0 Å². The number of ether oxygens (including phenoxy) is 1. The van der Waals surface area contributed by atoms with Crippen LogP contribution in [0.5, 0.6) is 5.75 Å². The Hall–Kier alpha value is -3.15. The van der Waals surface area contributed by atoms with Crippen LogP contribution in [0.2, 0.25) is 0 Å². The number of carbonyl (C=O) groups is 1. The Morgan fingerprint density at radius 3 is 2.77 bits per heavy atom. The van der Waals surface area contributed by atoms with E-state index in [-0.39, 0.29) is 5.91 Å². The Kier molecular flexibility index (Phi) is 5.31. The minimum Gasteiger partial charge on any atom is -0.492 e. The summed E-state index contributed by atoms with van der Waals surface area (Å²) < 4.78 is 21.0. The summed E-state index contributed by atoms with van der Waals surface area (Å²) in [4.78, 5) is 12.3. The van der Waals surface area contributed by atoms with Crippen LogP contribution in [-0.4, -0.2) is 28.8 Å². The SMILES string of the molecule is Cc1cccc(OCCNC(=O)c2cnn(-c3ccccc3F)c2C)c1. The Morgan fingerprint density at radius 2 is 2.00 bits per heavy atom. The molecule has 0 aliphatic carbocycles. The molecule has 0 radical (unpaired) electrons. The van der Waals surface area contributed by atoms with Crippen LogP contribution in [0.25, 0.3) is 5.69 Å². The fourth-order valence-corrected chi connectivity index (χ4v) is 2.63. The summed E-state index contributed by atoms with van der Waals surface area (Å²) in [6.45, 7) is 4.44. The molecule has 26 heavy (non-hydrogen) atoms. The number of halogens is 1. The van der Waals surface area contributed by atoms with Crippen LogP contribution in [0.15, 0.2) is 54.7 Å². The molecule has 6 heteroatoms. The minimum atomic E-state index is -0.391. The monoisotopic (exact) mass is 353 g/mol. The van der Waals surface area contributed by atoms with Crippen molar-refractivity contribution in [3.05, 3.63) is 77.4 Å². The topological polar surface area (TPSA) is 56.1 Å². The van der Waals surface area contributed by atoms with Gasteiger partial charge >= 0.3 is 0 Å². The predicted molar refractivity (Wildman–Crippen MR) is 97.3 cm³/mol. The Balaban J connectivity index is 1.60. The van der Waals surface area contributed by atoms with Crippen LogP contribution in [-0.2, 0) is 0 Å². The molecule has 0 aliphatic rings. The number of amides is 1. The third-order valence-corrected chi connectivity index (χ3v) is 3.98. The molecule has 1 aromatic heterocycles. The number of nitrogens with zero attached hydrogens (tertiary/aromatic N) is 2. The van der Waals surface area contributed by atoms with Gasteiger partial charge in [-0.15, -0.1) is 0 Å². The van der Waals surface area contributed by atoms with Crippen molar-refractivity contribution in [1.29, 1.82) is 0 Å². The molecule has 134 valence electrons. The van der Waals surface area contributed by atoms with Gasteiger partial charge in [-0.05, 0) is 43.7 Å². The zero-order chi connectivity index (χ0) is 18.5. The standard InChI is InChI=1S/C20H20FN3O2/c1-14-6-5-7-16(12-14)26-11-10-22-20(25)17-13-23-24(15(17)2)19-9-4-3-8-18(19)21/h3-9,12-13H,10-11H2,1-2H3,(H,22,25). The Morgan fingerprint density at radius 1 is 1.19 bits per heavy atom. The van der Waals surface area contributed by atoms with Crippen molar-refractivity contribution in [1.82, 2.24) is 15.1 Å². The van der Waals surface area contributed by atoms with Crippen LogP contribution < -0.4 is 10.1 Å². The molecule has 0 spiro atoms. The first kappa shape index (κ1) is 17.7. The molecule has 0 unspecified atom stereocenters. The highest BCUT2D eigenvalue weighted by molar-refractivity contribution is 5.95. The largest absolute Gasteiger partial charge is 0.492 e. The van der Waals surface area contributed by atoms with E-state index in [1.165, 1.54) is 16.9 Å². The maximum absolute atomic E-state index is 13.9. The van der Waals surface area contributed by atoms with Crippen LogP contribution in [0.4, 0.5) is 4.39 Å². The average Bonchev–Trinajstić information content (AvgIpc) is 3.00. The number of benzene rings is 2. The third kappa shape index (κ3) is 3.91. The number of hydrogen-bond donors (Lipinski definition) is 1. The molecule has 5 nitrogen and oxygen atoms in total. The van der Waals surface area contributed by atoms with Gasteiger partial charge in [-0.25, -0.2) is 9.07 Å². The van der Waals surface area contributed by atoms with E-state index in [1.807, 2.05) is 31.2 Å². The van der Waals surface area contributed by atoms with Gasteiger partial charge in [0, 0.05) is 0 Å². The molecular formula is C20H20FN3O2. The fraction of sp³-hybridized carbons (Fsp3) is 0.200. The first-order valence-electron chi connectivity index (χ1n) is 8.33. The summed E-state index contributed by atoms with van der Waals surface area (Å²) in [6, 6.07) is 14.0. The molecule has 0 saturated carbocycles. The number of hydrogen-bond acceptors (Lipinski definition) is 3.